The maximum Gasteiger partial charge on any atom is 0.409 e. The van der Waals surface area contributed by atoms with Crippen LogP contribution in [0.3, 0.4) is 0 Å². The minimum absolute atomic E-state index is 0.0219. The molecular formula is C18H25N3O8S2. The van der Waals surface area contributed by atoms with Gasteiger partial charge in [-0.15, -0.1) is 0 Å². The minimum Gasteiger partial charge on any atom is -0.495 e. The van der Waals surface area contributed by atoms with E-state index in [2.05, 4.69) is 0 Å². The number of carbonyl (C=O) groups excluding carboxylic acids is 2. The lowest BCUT2D eigenvalue weighted by Gasteiger charge is -2.33. The molecule has 11 nitrogen and oxygen atoms in total. The fourth-order valence-electron chi connectivity index (χ4n) is 3.55. The highest BCUT2D eigenvalue weighted by Crippen LogP contribution is 2.35. The Morgan fingerprint density at radius 2 is 1.84 bits per heavy atom. The molecule has 31 heavy (non-hydrogen) atoms. The first-order valence-corrected chi connectivity index (χ1v) is 12.7. The van der Waals surface area contributed by atoms with E-state index < -0.39 is 38.0 Å². The standard InChI is InChI=1S/C18H25N3O8S2/c1-4-29-18(23)19-7-9-20(10-8-19)31(26,27)16-11-14(5-6-15(16)28-3)21-17(22)13(2)12-30(21,24)25/h5-6,11,13H,4,7-10,12H2,1-3H3. The number of anilines is 1. The molecule has 1 unspecified atom stereocenters. The third kappa shape index (κ3) is 4.34. The fourth-order valence-corrected chi connectivity index (χ4v) is 6.95. The highest BCUT2D eigenvalue weighted by atomic mass is 32.2. The summed E-state index contributed by atoms with van der Waals surface area (Å²) in [5.41, 5.74) is -0.0566. The lowest BCUT2D eigenvalue weighted by Crippen LogP contribution is -2.50. The molecule has 172 valence electrons. The minimum atomic E-state index is -4.09. The van der Waals surface area contributed by atoms with Gasteiger partial charge in [0.15, 0.2) is 0 Å². The molecule has 0 bridgehead atoms. The summed E-state index contributed by atoms with van der Waals surface area (Å²) in [7, 11) is -6.68. The first-order valence-electron chi connectivity index (χ1n) is 9.69. The van der Waals surface area contributed by atoms with E-state index in [4.69, 9.17) is 9.47 Å². The second-order valence-corrected chi connectivity index (χ2v) is 11.0. The van der Waals surface area contributed by atoms with Gasteiger partial charge < -0.3 is 14.4 Å². The van der Waals surface area contributed by atoms with E-state index in [1.54, 1.807) is 6.92 Å². The lowest BCUT2D eigenvalue weighted by molar-refractivity contribution is -0.119. The molecule has 0 radical (unpaired) electrons. The molecular weight excluding hydrogens is 450 g/mol. The number of hydrogen-bond donors (Lipinski definition) is 0. The number of methoxy groups -OCH3 is 1. The van der Waals surface area contributed by atoms with Crippen LogP contribution in [0.25, 0.3) is 0 Å². The van der Waals surface area contributed by atoms with Gasteiger partial charge in [-0.25, -0.2) is 25.9 Å². The van der Waals surface area contributed by atoms with Gasteiger partial charge in [-0.05, 0) is 25.1 Å². The molecule has 2 heterocycles. The number of piperazine rings is 1. The summed E-state index contributed by atoms with van der Waals surface area (Å²) < 4.78 is 63.4. The van der Waals surface area contributed by atoms with Crippen LogP contribution in [0.1, 0.15) is 13.8 Å². The van der Waals surface area contributed by atoms with E-state index in [-0.39, 0.29) is 54.9 Å². The van der Waals surface area contributed by atoms with Gasteiger partial charge in [0.25, 0.3) is 0 Å². The van der Waals surface area contributed by atoms with Crippen LogP contribution in [0.5, 0.6) is 5.75 Å². The van der Waals surface area contributed by atoms with Gasteiger partial charge in [0, 0.05) is 26.2 Å². The SMILES string of the molecule is CCOC(=O)N1CCN(S(=O)(=O)c2cc(N3C(=O)C(C)CS3(=O)=O)ccc2OC)CC1. The molecule has 1 aromatic carbocycles. The normalized spacial score (nSPS) is 21.9. The van der Waals surface area contributed by atoms with Crippen molar-refractivity contribution in [2.75, 3.05) is 50.0 Å². The maximum absolute atomic E-state index is 13.3. The Morgan fingerprint density at radius 3 is 2.35 bits per heavy atom. The van der Waals surface area contributed by atoms with Gasteiger partial charge in [-0.3, -0.25) is 4.79 Å². The third-order valence-corrected chi connectivity index (χ3v) is 8.91. The molecule has 0 saturated carbocycles. The summed E-state index contributed by atoms with van der Waals surface area (Å²) in [5, 5.41) is 0. The Balaban J connectivity index is 1.92. The number of carbonyl (C=O) groups is 2. The van der Waals surface area contributed by atoms with E-state index in [1.807, 2.05) is 0 Å². The van der Waals surface area contributed by atoms with E-state index in [0.29, 0.717) is 4.31 Å². The highest BCUT2D eigenvalue weighted by Gasteiger charge is 2.43. The van der Waals surface area contributed by atoms with Gasteiger partial charge in [-0.1, -0.05) is 6.92 Å². The quantitative estimate of drug-likeness (QED) is 0.601. The molecule has 2 aliphatic rings. The van der Waals surface area contributed by atoms with Crippen LogP contribution in [-0.4, -0.2) is 83.7 Å². The van der Waals surface area contributed by atoms with Crippen LogP contribution < -0.4 is 9.04 Å². The lowest BCUT2D eigenvalue weighted by atomic mass is 10.2. The topological polar surface area (TPSA) is 131 Å². The molecule has 3 rings (SSSR count). The molecule has 13 heteroatoms. The average Bonchev–Trinajstić information content (AvgIpc) is 2.94. The smallest absolute Gasteiger partial charge is 0.409 e. The predicted octanol–water partition coefficient (Wildman–Crippen LogP) is 0.471. The molecule has 1 aromatic rings. The zero-order chi connectivity index (χ0) is 23.0. The van der Waals surface area contributed by atoms with Crippen LogP contribution in [0.2, 0.25) is 0 Å². The summed E-state index contributed by atoms with van der Waals surface area (Å²) in [4.78, 5) is 25.4. The van der Waals surface area contributed by atoms with Crippen molar-refractivity contribution in [1.29, 1.82) is 0 Å². The van der Waals surface area contributed by atoms with Crippen molar-refractivity contribution in [1.82, 2.24) is 9.21 Å². The van der Waals surface area contributed by atoms with Crippen molar-refractivity contribution in [3.63, 3.8) is 0 Å². The van der Waals surface area contributed by atoms with Gasteiger partial charge in [-0.2, -0.15) is 4.31 Å². The van der Waals surface area contributed by atoms with Crippen molar-refractivity contribution in [3.8, 4) is 5.75 Å². The van der Waals surface area contributed by atoms with Gasteiger partial charge in [0.2, 0.25) is 26.0 Å². The Morgan fingerprint density at radius 1 is 1.19 bits per heavy atom. The zero-order valence-corrected chi connectivity index (χ0v) is 19.1. The number of nitrogens with zero attached hydrogens (tertiary/aromatic N) is 3. The number of sulfonamides is 2. The summed E-state index contributed by atoms with van der Waals surface area (Å²) in [6, 6.07) is 3.80. The summed E-state index contributed by atoms with van der Waals surface area (Å²) in [6.07, 6.45) is -0.508. The molecule has 2 amide bonds. The van der Waals surface area contributed by atoms with E-state index >= 15 is 0 Å². The number of amides is 2. The van der Waals surface area contributed by atoms with Crippen molar-refractivity contribution in [2.45, 2.75) is 18.7 Å². The number of ether oxygens (including phenoxy) is 2. The van der Waals surface area contributed by atoms with E-state index in [9.17, 15) is 26.4 Å². The first kappa shape index (κ1) is 23.3. The summed E-state index contributed by atoms with van der Waals surface area (Å²) >= 11 is 0. The van der Waals surface area contributed by atoms with Crippen molar-refractivity contribution in [2.24, 2.45) is 5.92 Å². The molecule has 0 N–H and O–H groups in total. The highest BCUT2D eigenvalue weighted by molar-refractivity contribution is 7.94. The third-order valence-electron chi connectivity index (χ3n) is 5.12. The second-order valence-electron chi connectivity index (χ2n) is 7.21. The molecule has 0 aromatic heterocycles. The fraction of sp³-hybridized carbons (Fsp3) is 0.556. The number of benzene rings is 1. The average molecular weight is 476 g/mol. The second kappa shape index (κ2) is 8.63. The Hall–Kier alpha value is -2.38. The molecule has 0 aliphatic carbocycles. The van der Waals surface area contributed by atoms with Crippen LogP contribution in [0.15, 0.2) is 23.1 Å². The summed E-state index contributed by atoms with van der Waals surface area (Å²) in [5.74, 6) is -1.65. The Bertz CT molecular complexity index is 1080. The molecule has 2 saturated heterocycles. The predicted molar refractivity (Wildman–Crippen MR) is 111 cm³/mol. The maximum atomic E-state index is 13.3. The zero-order valence-electron chi connectivity index (χ0n) is 17.5. The first-order chi connectivity index (χ1) is 14.5. The Labute approximate surface area is 181 Å². The Kier molecular flexibility index (Phi) is 6.48. The van der Waals surface area contributed by atoms with Gasteiger partial charge in [0.1, 0.15) is 10.6 Å². The molecule has 0 spiro atoms. The molecule has 1 atom stereocenters. The van der Waals surface area contributed by atoms with Crippen LogP contribution in [0, 0.1) is 5.92 Å². The molecule has 2 aliphatic heterocycles. The van der Waals surface area contributed by atoms with Crippen molar-refractivity contribution < 1.29 is 35.9 Å². The van der Waals surface area contributed by atoms with E-state index in [0.717, 1.165) is 6.07 Å². The van der Waals surface area contributed by atoms with Crippen LogP contribution >= 0.6 is 0 Å². The largest absolute Gasteiger partial charge is 0.495 e. The van der Waals surface area contributed by atoms with Crippen LogP contribution in [0.4, 0.5) is 10.5 Å². The molecule has 2 fully saturated rings. The van der Waals surface area contributed by atoms with Gasteiger partial charge in [0.05, 0.1) is 31.1 Å². The van der Waals surface area contributed by atoms with Crippen molar-refractivity contribution in [3.05, 3.63) is 18.2 Å². The summed E-state index contributed by atoms with van der Waals surface area (Å²) in [6.45, 7) is 3.78. The van der Waals surface area contributed by atoms with E-state index in [1.165, 1.54) is 35.4 Å². The van der Waals surface area contributed by atoms with Crippen LogP contribution in [-0.2, 0) is 29.6 Å². The monoisotopic (exact) mass is 475 g/mol. The number of hydrogen-bond acceptors (Lipinski definition) is 8. The van der Waals surface area contributed by atoms with Gasteiger partial charge >= 0.3 is 6.09 Å². The van der Waals surface area contributed by atoms with Crippen molar-refractivity contribution >= 4 is 37.7 Å². The number of rotatable bonds is 5.